The number of hydrogen-bond donors (Lipinski definition) is 0. The van der Waals surface area contributed by atoms with Crippen molar-refractivity contribution < 1.29 is 17.9 Å². The summed E-state index contributed by atoms with van der Waals surface area (Å²) in [5, 5.41) is 0. The molecule has 0 aliphatic heterocycles. The molecular weight excluding hydrogens is 338 g/mol. The Kier molecular flexibility index (Phi) is 6.58. The largest absolute Gasteiger partial charge is 0.496 e. The van der Waals surface area contributed by atoms with Crippen LogP contribution in [0.15, 0.2) is 59.5 Å². The SMILES string of the molecule is COc1ccccc1CCN(C)C(=O)CCS(=O)(=O)c1ccccc1. The number of methoxy groups -OCH3 is 1. The van der Waals surface area contributed by atoms with Crippen LogP contribution < -0.4 is 4.74 Å². The normalized spacial score (nSPS) is 11.1. The summed E-state index contributed by atoms with van der Waals surface area (Å²) < 4.78 is 29.8. The number of rotatable bonds is 8. The van der Waals surface area contributed by atoms with Crippen molar-refractivity contribution in [1.82, 2.24) is 4.90 Å². The fourth-order valence-corrected chi connectivity index (χ4v) is 3.73. The molecule has 1 amide bonds. The van der Waals surface area contributed by atoms with E-state index in [1.807, 2.05) is 24.3 Å². The number of benzene rings is 2. The molecule has 5 nitrogen and oxygen atoms in total. The number of hydrogen-bond acceptors (Lipinski definition) is 4. The average molecular weight is 361 g/mol. The third-order valence-corrected chi connectivity index (χ3v) is 5.75. The van der Waals surface area contributed by atoms with Gasteiger partial charge in [-0.2, -0.15) is 0 Å². The van der Waals surface area contributed by atoms with Gasteiger partial charge in [0.1, 0.15) is 5.75 Å². The first-order chi connectivity index (χ1) is 11.9. The van der Waals surface area contributed by atoms with Gasteiger partial charge in [0.15, 0.2) is 9.84 Å². The molecule has 0 saturated heterocycles. The molecule has 0 heterocycles. The van der Waals surface area contributed by atoms with Gasteiger partial charge in [0.2, 0.25) is 5.91 Å². The van der Waals surface area contributed by atoms with E-state index >= 15 is 0 Å². The molecule has 0 spiro atoms. The van der Waals surface area contributed by atoms with E-state index in [0.29, 0.717) is 13.0 Å². The molecule has 0 unspecified atom stereocenters. The molecule has 2 aromatic rings. The van der Waals surface area contributed by atoms with Crippen LogP contribution in [0, 0.1) is 0 Å². The van der Waals surface area contributed by atoms with Crippen LogP contribution in [0.1, 0.15) is 12.0 Å². The van der Waals surface area contributed by atoms with Crippen molar-refractivity contribution in [2.24, 2.45) is 0 Å². The van der Waals surface area contributed by atoms with E-state index in [4.69, 9.17) is 4.74 Å². The molecule has 0 aromatic heterocycles. The smallest absolute Gasteiger partial charge is 0.223 e. The Morgan fingerprint density at radius 2 is 1.68 bits per heavy atom. The fourth-order valence-electron chi connectivity index (χ4n) is 2.48. The van der Waals surface area contributed by atoms with Crippen LogP contribution in [0.2, 0.25) is 0 Å². The number of carbonyl (C=O) groups excluding carboxylic acids is 1. The highest BCUT2D eigenvalue weighted by Crippen LogP contribution is 2.18. The van der Waals surface area contributed by atoms with E-state index in [-0.39, 0.29) is 23.0 Å². The van der Waals surface area contributed by atoms with Gasteiger partial charge in [0.25, 0.3) is 0 Å². The predicted octanol–water partition coefficient (Wildman–Crippen LogP) is 2.56. The molecule has 0 bridgehead atoms. The lowest BCUT2D eigenvalue weighted by Crippen LogP contribution is -2.30. The Balaban J connectivity index is 1.88. The number of amides is 1. The second kappa shape index (κ2) is 8.67. The van der Waals surface area contributed by atoms with Gasteiger partial charge >= 0.3 is 0 Å². The van der Waals surface area contributed by atoms with Crippen molar-refractivity contribution in [3.63, 3.8) is 0 Å². The Bertz CT molecular complexity index is 803. The third-order valence-electron chi connectivity index (χ3n) is 4.02. The molecule has 2 aromatic carbocycles. The summed E-state index contributed by atoms with van der Waals surface area (Å²) in [7, 11) is -0.134. The van der Waals surface area contributed by atoms with Crippen molar-refractivity contribution in [3.8, 4) is 5.75 Å². The number of sulfone groups is 1. The molecule has 0 radical (unpaired) electrons. The standard InChI is InChI=1S/C19H23NO4S/c1-20(14-12-16-8-6-7-11-18(16)24-2)19(21)13-15-25(22,23)17-9-4-3-5-10-17/h3-11H,12-15H2,1-2H3. The van der Waals surface area contributed by atoms with Gasteiger partial charge in [-0.05, 0) is 30.2 Å². The van der Waals surface area contributed by atoms with E-state index in [9.17, 15) is 13.2 Å². The highest BCUT2D eigenvalue weighted by molar-refractivity contribution is 7.91. The summed E-state index contributed by atoms with van der Waals surface area (Å²) in [5.41, 5.74) is 1.02. The van der Waals surface area contributed by atoms with Gasteiger partial charge in [0.05, 0.1) is 17.8 Å². The highest BCUT2D eigenvalue weighted by atomic mass is 32.2. The Morgan fingerprint density at radius 3 is 2.36 bits per heavy atom. The van der Waals surface area contributed by atoms with Crippen molar-refractivity contribution >= 4 is 15.7 Å². The molecule has 25 heavy (non-hydrogen) atoms. The molecule has 2 rings (SSSR count). The number of para-hydroxylation sites is 1. The highest BCUT2D eigenvalue weighted by Gasteiger charge is 2.18. The van der Waals surface area contributed by atoms with Crippen molar-refractivity contribution in [2.75, 3.05) is 26.5 Å². The minimum Gasteiger partial charge on any atom is -0.496 e. The van der Waals surface area contributed by atoms with Gasteiger partial charge in [-0.15, -0.1) is 0 Å². The molecule has 0 saturated carbocycles. The molecule has 6 heteroatoms. The van der Waals surface area contributed by atoms with Crippen LogP contribution in [0.3, 0.4) is 0 Å². The summed E-state index contributed by atoms with van der Waals surface area (Å²) in [4.78, 5) is 14.0. The number of nitrogens with zero attached hydrogens (tertiary/aromatic N) is 1. The predicted molar refractivity (Wildman–Crippen MR) is 97.4 cm³/mol. The van der Waals surface area contributed by atoms with Crippen molar-refractivity contribution in [2.45, 2.75) is 17.7 Å². The molecular formula is C19H23NO4S. The lowest BCUT2D eigenvalue weighted by Gasteiger charge is -2.18. The molecule has 0 fully saturated rings. The van der Waals surface area contributed by atoms with Crippen LogP contribution in [-0.4, -0.2) is 45.7 Å². The van der Waals surface area contributed by atoms with E-state index < -0.39 is 9.84 Å². The van der Waals surface area contributed by atoms with Crippen molar-refractivity contribution in [1.29, 1.82) is 0 Å². The molecule has 0 aliphatic carbocycles. The minimum atomic E-state index is -3.43. The second-order valence-corrected chi connectivity index (χ2v) is 7.87. The van der Waals surface area contributed by atoms with Gasteiger partial charge in [-0.25, -0.2) is 8.42 Å². The van der Waals surface area contributed by atoms with Gasteiger partial charge in [-0.1, -0.05) is 36.4 Å². The average Bonchev–Trinajstić information content (AvgIpc) is 2.65. The van der Waals surface area contributed by atoms with E-state index in [1.165, 1.54) is 0 Å². The second-order valence-electron chi connectivity index (χ2n) is 5.76. The lowest BCUT2D eigenvalue weighted by atomic mass is 10.1. The van der Waals surface area contributed by atoms with E-state index in [1.54, 1.807) is 49.4 Å². The number of ether oxygens (including phenoxy) is 1. The van der Waals surface area contributed by atoms with Crippen LogP contribution in [0.25, 0.3) is 0 Å². The summed E-state index contributed by atoms with van der Waals surface area (Å²) in [5.74, 6) is 0.416. The maximum Gasteiger partial charge on any atom is 0.223 e. The van der Waals surface area contributed by atoms with Crippen LogP contribution in [0.5, 0.6) is 5.75 Å². The molecule has 0 aliphatic rings. The summed E-state index contributed by atoms with van der Waals surface area (Å²) >= 11 is 0. The summed E-state index contributed by atoms with van der Waals surface area (Å²) in [6.45, 7) is 0.505. The van der Waals surface area contributed by atoms with Gasteiger partial charge in [0, 0.05) is 20.0 Å². The number of carbonyl (C=O) groups is 1. The lowest BCUT2D eigenvalue weighted by molar-refractivity contribution is -0.129. The maximum atomic E-state index is 12.2. The zero-order valence-electron chi connectivity index (χ0n) is 14.5. The number of likely N-dealkylation sites (N-methyl/N-ethyl adjacent to an activating group) is 1. The topological polar surface area (TPSA) is 63.7 Å². The Hall–Kier alpha value is -2.34. The molecule has 0 atom stereocenters. The fraction of sp³-hybridized carbons (Fsp3) is 0.316. The Labute approximate surface area is 149 Å². The van der Waals surface area contributed by atoms with Gasteiger partial charge < -0.3 is 9.64 Å². The van der Waals surface area contributed by atoms with Gasteiger partial charge in [-0.3, -0.25) is 4.79 Å². The van der Waals surface area contributed by atoms with Crippen LogP contribution in [0.4, 0.5) is 0 Å². The summed E-state index contributed by atoms with van der Waals surface area (Å²) in [6, 6.07) is 15.9. The van der Waals surface area contributed by atoms with Crippen molar-refractivity contribution in [3.05, 3.63) is 60.2 Å². The van der Waals surface area contributed by atoms with E-state index in [2.05, 4.69) is 0 Å². The molecule has 0 N–H and O–H groups in total. The third kappa shape index (κ3) is 5.32. The molecule has 134 valence electrons. The Morgan fingerprint density at radius 1 is 1.04 bits per heavy atom. The minimum absolute atomic E-state index is 0.0281. The van der Waals surface area contributed by atoms with Crippen LogP contribution in [-0.2, 0) is 21.1 Å². The summed E-state index contributed by atoms with van der Waals surface area (Å²) in [6.07, 6.45) is 0.622. The first-order valence-corrected chi connectivity index (χ1v) is 9.73. The first-order valence-electron chi connectivity index (χ1n) is 8.07. The quantitative estimate of drug-likeness (QED) is 0.725. The van der Waals surface area contributed by atoms with E-state index in [0.717, 1.165) is 11.3 Å². The van der Waals surface area contributed by atoms with Crippen LogP contribution >= 0.6 is 0 Å². The first kappa shape index (κ1) is 19.0. The maximum absolute atomic E-state index is 12.2. The zero-order valence-corrected chi connectivity index (χ0v) is 15.3. The zero-order chi connectivity index (χ0) is 18.3. The monoisotopic (exact) mass is 361 g/mol.